The molecule has 4 rings (SSSR count). The number of hydrogen-bond donors (Lipinski definition) is 1. The smallest absolute Gasteiger partial charge is 0.456 e. The van der Waals surface area contributed by atoms with E-state index in [2.05, 4.69) is 36.7 Å². The average Bonchev–Trinajstić information content (AvgIpc) is 3.47. The molecule has 4 heterocycles. The molecule has 0 spiro atoms. The fourth-order valence-corrected chi connectivity index (χ4v) is 4.32. The normalized spacial score (nSPS) is 12.7. The highest BCUT2D eigenvalue weighted by molar-refractivity contribution is 7.91. The summed E-state index contributed by atoms with van der Waals surface area (Å²) in [6, 6.07) is 1.31. The maximum atomic E-state index is 13.4. The van der Waals surface area contributed by atoms with E-state index in [0.29, 0.717) is 0 Å². The van der Waals surface area contributed by atoms with Crippen molar-refractivity contribution in [1.82, 2.24) is 34.3 Å². The van der Waals surface area contributed by atoms with E-state index in [4.69, 9.17) is 0 Å². The van der Waals surface area contributed by atoms with Crippen molar-refractivity contribution in [2.24, 2.45) is 0 Å². The highest BCUT2D eigenvalue weighted by atomic mass is 32.2. The van der Waals surface area contributed by atoms with Crippen LogP contribution < -0.4 is 10.1 Å². The summed E-state index contributed by atoms with van der Waals surface area (Å²) in [6.07, 6.45) is 0.199. The van der Waals surface area contributed by atoms with Gasteiger partial charge in [-0.25, -0.2) is 27.9 Å². The van der Waals surface area contributed by atoms with Crippen LogP contribution in [0.4, 0.5) is 22.0 Å². The first-order chi connectivity index (χ1) is 17.8. The van der Waals surface area contributed by atoms with Gasteiger partial charge >= 0.3 is 12.1 Å². The quantitative estimate of drug-likeness (QED) is 0.245. The van der Waals surface area contributed by atoms with Crippen LogP contribution in [0.15, 0.2) is 48.5 Å². The molecular weight excluding hydrogens is 541 g/mol. The molecule has 0 bridgehead atoms. The van der Waals surface area contributed by atoms with E-state index in [1.807, 2.05) is 0 Å². The molecule has 0 aliphatic rings. The lowest BCUT2D eigenvalue weighted by Gasteiger charge is -2.19. The third kappa shape index (κ3) is 4.64. The Morgan fingerprint density at radius 1 is 1.18 bits per heavy atom. The summed E-state index contributed by atoms with van der Waals surface area (Å²) < 4.78 is 97.3. The van der Waals surface area contributed by atoms with Gasteiger partial charge in [-0.05, 0) is 6.07 Å². The molecule has 0 saturated carbocycles. The van der Waals surface area contributed by atoms with Gasteiger partial charge < -0.3 is 10.1 Å². The van der Waals surface area contributed by atoms with Gasteiger partial charge in [0.05, 0.1) is 11.9 Å². The van der Waals surface area contributed by atoms with E-state index >= 15 is 0 Å². The summed E-state index contributed by atoms with van der Waals surface area (Å²) >= 11 is 0. The minimum atomic E-state index is -5.84. The molecule has 1 amide bonds. The lowest BCUT2D eigenvalue weighted by molar-refractivity contribution is -0.290. The van der Waals surface area contributed by atoms with Crippen molar-refractivity contribution < 1.29 is 39.9 Å². The van der Waals surface area contributed by atoms with E-state index in [-0.39, 0.29) is 40.5 Å². The number of amides is 1. The number of hydrogen-bond acceptors (Lipinski definition) is 8. The van der Waals surface area contributed by atoms with Gasteiger partial charge in [0.2, 0.25) is 5.88 Å². The summed E-state index contributed by atoms with van der Waals surface area (Å²) in [7, 11) is -4.05. The molecule has 0 atom stereocenters. The number of sulfone groups is 1. The third-order valence-electron chi connectivity index (χ3n) is 5.25. The Kier molecular flexibility index (Phi) is 6.81. The molecule has 0 unspecified atom stereocenters. The maximum Gasteiger partial charge on any atom is 0.456 e. The third-order valence-corrected chi connectivity index (χ3v) is 6.89. The molecule has 0 radical (unpaired) electrons. The van der Waals surface area contributed by atoms with Crippen molar-refractivity contribution in [2.45, 2.75) is 24.0 Å². The fraction of sp³-hybridized carbons (Fsp3) is 0.286. The average molecular weight is 559 g/mol. The largest absolute Gasteiger partial charge is 0.469 e. The molecule has 0 saturated heterocycles. The van der Waals surface area contributed by atoms with Gasteiger partial charge in [0.25, 0.3) is 5.91 Å². The Labute approximate surface area is 210 Å². The number of nitrogens with zero attached hydrogens (tertiary/aromatic N) is 6. The molecule has 0 aromatic carbocycles. The van der Waals surface area contributed by atoms with Crippen LogP contribution >= 0.6 is 0 Å². The van der Waals surface area contributed by atoms with Crippen molar-refractivity contribution in [2.75, 3.05) is 18.9 Å². The minimum absolute atomic E-state index is 0.0587. The number of rotatable bonds is 9. The van der Waals surface area contributed by atoms with Gasteiger partial charge in [0.15, 0.2) is 32.9 Å². The highest BCUT2D eigenvalue weighted by Gasteiger charge is 2.58. The van der Waals surface area contributed by atoms with Gasteiger partial charge in [0, 0.05) is 25.1 Å². The molecule has 4 aromatic heterocycles. The predicted molar refractivity (Wildman–Crippen MR) is 122 cm³/mol. The second-order valence-corrected chi connectivity index (χ2v) is 9.90. The number of alkyl halides is 5. The van der Waals surface area contributed by atoms with Crippen LogP contribution in [-0.4, -0.2) is 74.3 Å². The summed E-state index contributed by atoms with van der Waals surface area (Å²) in [4.78, 5) is 24.6. The standard InChI is InChI=1S/C21H18F5N7O4S/c1-3-6-28-17(34)12-5-7-27-16-14(19(31-33(12)16)38(35,36)4-2)15-30-10-13-18(29-8-9-32(13)15)37-11-20(22,23)21(24,25)26/h3,5,7-10H,1,4,6,11H2,2H3,(H,28,34). The van der Waals surface area contributed by atoms with Crippen molar-refractivity contribution in [3.63, 3.8) is 0 Å². The first-order valence-corrected chi connectivity index (χ1v) is 12.4. The van der Waals surface area contributed by atoms with Crippen molar-refractivity contribution in [1.29, 1.82) is 0 Å². The SMILES string of the molecule is C=CCNC(=O)c1ccnc2c(-c3ncc4c(OCC(F)(F)C(F)(F)F)nccn34)c(S(=O)(=O)CC)nn12. The highest BCUT2D eigenvalue weighted by Crippen LogP contribution is 2.37. The summed E-state index contributed by atoms with van der Waals surface area (Å²) in [5.41, 5.74) is -0.419. The van der Waals surface area contributed by atoms with E-state index in [1.165, 1.54) is 35.9 Å². The first-order valence-electron chi connectivity index (χ1n) is 10.7. The first kappa shape index (κ1) is 26.9. The summed E-state index contributed by atoms with van der Waals surface area (Å²) in [6.45, 7) is 2.95. The maximum absolute atomic E-state index is 13.4. The Morgan fingerprint density at radius 3 is 2.58 bits per heavy atom. The molecule has 17 heteroatoms. The zero-order valence-corrected chi connectivity index (χ0v) is 20.2. The molecule has 0 aliphatic carbocycles. The zero-order chi connectivity index (χ0) is 27.9. The van der Waals surface area contributed by atoms with Gasteiger partial charge in [-0.2, -0.15) is 27.1 Å². The molecule has 0 aliphatic heterocycles. The topological polar surface area (TPSA) is 133 Å². The Hall–Kier alpha value is -4.15. The molecule has 1 N–H and O–H groups in total. The number of carbonyl (C=O) groups is 1. The summed E-state index contributed by atoms with van der Waals surface area (Å²) in [5.74, 6) is -6.86. The molecule has 38 heavy (non-hydrogen) atoms. The van der Waals surface area contributed by atoms with E-state index < -0.39 is 45.4 Å². The van der Waals surface area contributed by atoms with Crippen molar-refractivity contribution in [3.8, 4) is 17.3 Å². The molecule has 202 valence electrons. The Balaban J connectivity index is 1.90. The molecule has 0 fully saturated rings. The van der Waals surface area contributed by atoms with Crippen LogP contribution in [0.1, 0.15) is 17.4 Å². The fourth-order valence-electron chi connectivity index (χ4n) is 3.34. The molecule has 11 nitrogen and oxygen atoms in total. The van der Waals surface area contributed by atoms with E-state index in [9.17, 15) is 35.2 Å². The lowest BCUT2D eigenvalue weighted by Crippen LogP contribution is -2.41. The number of ether oxygens (including phenoxy) is 1. The number of imidazole rings is 1. The van der Waals surface area contributed by atoms with Gasteiger partial charge in [-0.3, -0.25) is 9.20 Å². The van der Waals surface area contributed by atoms with Crippen molar-refractivity contribution in [3.05, 3.63) is 49.2 Å². The molecule has 4 aromatic rings. The Bertz CT molecular complexity index is 1650. The van der Waals surface area contributed by atoms with E-state index in [0.717, 1.165) is 16.9 Å². The van der Waals surface area contributed by atoms with Crippen LogP contribution in [0.25, 0.3) is 22.6 Å². The number of carbonyl (C=O) groups excluding carboxylic acids is 1. The number of aromatic nitrogens is 6. The lowest BCUT2D eigenvalue weighted by atomic mass is 10.3. The van der Waals surface area contributed by atoms with Crippen molar-refractivity contribution >= 4 is 26.9 Å². The van der Waals surface area contributed by atoms with Crippen LogP contribution in [0.2, 0.25) is 0 Å². The second kappa shape index (κ2) is 9.62. The van der Waals surface area contributed by atoms with Gasteiger partial charge in [-0.15, -0.1) is 6.58 Å². The monoisotopic (exact) mass is 559 g/mol. The second-order valence-electron chi connectivity index (χ2n) is 7.71. The van der Waals surface area contributed by atoms with Crippen LogP contribution in [0, 0.1) is 0 Å². The molecular formula is C21H18F5N7O4S. The van der Waals surface area contributed by atoms with Crippen LogP contribution in [0.5, 0.6) is 5.88 Å². The number of fused-ring (bicyclic) bond motifs is 2. The van der Waals surface area contributed by atoms with E-state index in [1.54, 1.807) is 0 Å². The summed E-state index contributed by atoms with van der Waals surface area (Å²) in [5, 5.41) is 6.19. The van der Waals surface area contributed by atoms with Gasteiger partial charge in [0.1, 0.15) is 16.8 Å². The number of nitrogens with one attached hydrogen (secondary N) is 1. The van der Waals surface area contributed by atoms with Crippen LogP contribution in [-0.2, 0) is 9.84 Å². The predicted octanol–water partition coefficient (Wildman–Crippen LogP) is 2.72. The Morgan fingerprint density at radius 2 is 1.92 bits per heavy atom. The number of halogens is 5. The minimum Gasteiger partial charge on any atom is -0.469 e. The van der Waals surface area contributed by atoms with Crippen LogP contribution in [0.3, 0.4) is 0 Å². The zero-order valence-electron chi connectivity index (χ0n) is 19.4. The van der Waals surface area contributed by atoms with Gasteiger partial charge in [-0.1, -0.05) is 13.0 Å².